The molecule has 0 bridgehead atoms. The molecule has 0 radical (unpaired) electrons. The van der Waals surface area contributed by atoms with Crippen LogP contribution in [0.25, 0.3) is 0 Å². The molecule has 0 atom stereocenters. The van der Waals surface area contributed by atoms with Gasteiger partial charge >= 0.3 is 0 Å². The Kier molecular flexibility index (Phi) is 4.74. The van der Waals surface area contributed by atoms with Gasteiger partial charge in [-0.1, -0.05) is 48.0 Å². The first-order chi connectivity index (χ1) is 11.2. The van der Waals surface area contributed by atoms with Gasteiger partial charge in [0, 0.05) is 30.4 Å². The van der Waals surface area contributed by atoms with Crippen molar-refractivity contribution < 1.29 is 0 Å². The second kappa shape index (κ2) is 7.11. The summed E-state index contributed by atoms with van der Waals surface area (Å²) >= 11 is 6.00. The van der Waals surface area contributed by atoms with Gasteiger partial charge in [0.2, 0.25) is 0 Å². The molecule has 1 N–H and O–H groups in total. The van der Waals surface area contributed by atoms with Crippen molar-refractivity contribution in [3.63, 3.8) is 0 Å². The third-order valence-electron chi connectivity index (χ3n) is 3.40. The molecule has 1 aromatic heterocycles. The number of nitrogens with zero attached hydrogens (tertiary/aromatic N) is 3. The number of hydrogen-bond donors (Lipinski definition) is 1. The van der Waals surface area contributed by atoms with Crippen LogP contribution in [-0.4, -0.2) is 17.0 Å². The first-order valence-electron chi connectivity index (χ1n) is 7.30. The number of halogens is 1. The molecule has 3 aromatic rings. The Balaban J connectivity index is 1.74. The minimum atomic E-state index is 0.686. The molecular formula is C18H17ClN4. The zero-order chi connectivity index (χ0) is 16.1. The predicted octanol–water partition coefficient (Wildman–Crippen LogP) is 4.51. The fraction of sp³-hybridized carbons (Fsp3) is 0.111. The topological polar surface area (TPSA) is 41.0 Å². The maximum absolute atomic E-state index is 6.00. The lowest BCUT2D eigenvalue weighted by molar-refractivity contribution is 0.892. The van der Waals surface area contributed by atoms with Gasteiger partial charge in [0.25, 0.3) is 0 Å². The van der Waals surface area contributed by atoms with Crippen molar-refractivity contribution in [2.24, 2.45) is 0 Å². The number of hydrogen-bond acceptors (Lipinski definition) is 4. The lowest BCUT2D eigenvalue weighted by Gasteiger charge is -2.18. The van der Waals surface area contributed by atoms with Crippen LogP contribution in [0.1, 0.15) is 5.56 Å². The molecule has 0 unspecified atom stereocenters. The van der Waals surface area contributed by atoms with E-state index in [0.717, 1.165) is 23.9 Å². The van der Waals surface area contributed by atoms with Crippen molar-refractivity contribution >= 4 is 28.9 Å². The van der Waals surface area contributed by atoms with Crippen LogP contribution in [0.3, 0.4) is 0 Å². The molecule has 116 valence electrons. The van der Waals surface area contributed by atoms with E-state index in [0.29, 0.717) is 5.02 Å². The molecular weight excluding hydrogens is 308 g/mol. The molecule has 0 aliphatic rings. The Hall–Kier alpha value is -2.59. The second-order valence-electron chi connectivity index (χ2n) is 5.24. The van der Waals surface area contributed by atoms with Crippen molar-refractivity contribution in [1.29, 1.82) is 0 Å². The van der Waals surface area contributed by atoms with Gasteiger partial charge in [0.05, 0.1) is 0 Å². The van der Waals surface area contributed by atoms with Crippen molar-refractivity contribution in [3.05, 3.63) is 77.6 Å². The van der Waals surface area contributed by atoms with Gasteiger partial charge in [-0.05, 0) is 23.8 Å². The summed E-state index contributed by atoms with van der Waals surface area (Å²) in [6.45, 7) is 0.786. The van der Waals surface area contributed by atoms with E-state index in [4.69, 9.17) is 11.6 Å². The summed E-state index contributed by atoms with van der Waals surface area (Å²) in [5.41, 5.74) is 2.13. The van der Waals surface area contributed by atoms with Crippen LogP contribution in [-0.2, 0) is 6.54 Å². The van der Waals surface area contributed by atoms with Crippen molar-refractivity contribution in [2.75, 3.05) is 17.3 Å². The largest absolute Gasteiger partial charge is 0.355 e. The average Bonchev–Trinajstić information content (AvgIpc) is 2.56. The fourth-order valence-electron chi connectivity index (χ4n) is 2.28. The highest BCUT2D eigenvalue weighted by Gasteiger charge is 2.06. The molecule has 0 fully saturated rings. The molecule has 0 saturated heterocycles. The number of benzene rings is 2. The first-order valence-corrected chi connectivity index (χ1v) is 7.68. The highest BCUT2D eigenvalue weighted by atomic mass is 35.5. The zero-order valence-electron chi connectivity index (χ0n) is 12.8. The number of aromatic nitrogens is 2. The lowest BCUT2D eigenvalue weighted by Crippen LogP contribution is -2.17. The molecule has 3 rings (SSSR count). The molecule has 4 nitrogen and oxygen atoms in total. The fourth-order valence-corrected chi connectivity index (χ4v) is 2.47. The van der Waals surface area contributed by atoms with Crippen molar-refractivity contribution in [1.82, 2.24) is 9.97 Å². The van der Waals surface area contributed by atoms with Crippen LogP contribution < -0.4 is 10.2 Å². The number of nitrogens with one attached hydrogen (secondary N) is 1. The Morgan fingerprint density at radius 3 is 2.61 bits per heavy atom. The average molecular weight is 325 g/mol. The van der Waals surface area contributed by atoms with E-state index in [1.807, 2.05) is 55.6 Å². The molecule has 1 heterocycles. The van der Waals surface area contributed by atoms with E-state index < -0.39 is 0 Å². The van der Waals surface area contributed by atoms with Gasteiger partial charge in [-0.25, -0.2) is 9.97 Å². The molecule has 5 heteroatoms. The molecule has 0 saturated carbocycles. The Labute approximate surface area is 140 Å². The smallest absolute Gasteiger partial charge is 0.135 e. The van der Waals surface area contributed by atoms with E-state index in [-0.39, 0.29) is 0 Å². The van der Waals surface area contributed by atoms with Crippen molar-refractivity contribution in [3.8, 4) is 0 Å². The highest BCUT2D eigenvalue weighted by molar-refractivity contribution is 6.30. The standard InChI is InChI=1S/C18H17ClN4/c1-23(12-14-6-3-2-4-7-14)18-11-17(20-13-21-18)22-16-9-5-8-15(19)10-16/h2-11,13H,12H2,1H3,(H,20,21,22). The lowest BCUT2D eigenvalue weighted by atomic mass is 10.2. The number of anilines is 3. The Bertz CT molecular complexity index is 777. The van der Waals surface area contributed by atoms with Gasteiger partial charge in [-0.15, -0.1) is 0 Å². The molecule has 0 aliphatic carbocycles. The quantitative estimate of drug-likeness (QED) is 0.749. The Morgan fingerprint density at radius 2 is 1.83 bits per heavy atom. The van der Waals surface area contributed by atoms with E-state index in [2.05, 4.69) is 32.3 Å². The molecule has 0 spiro atoms. The van der Waals surface area contributed by atoms with Gasteiger partial charge in [0.1, 0.15) is 18.0 Å². The third kappa shape index (κ3) is 4.20. The van der Waals surface area contributed by atoms with Crippen LogP contribution >= 0.6 is 11.6 Å². The van der Waals surface area contributed by atoms with E-state index in [1.54, 1.807) is 6.33 Å². The van der Waals surface area contributed by atoms with Crippen LogP contribution in [0.15, 0.2) is 67.0 Å². The molecule has 23 heavy (non-hydrogen) atoms. The predicted molar refractivity (Wildman–Crippen MR) is 95.3 cm³/mol. The minimum Gasteiger partial charge on any atom is -0.355 e. The van der Waals surface area contributed by atoms with Gasteiger partial charge in [-0.3, -0.25) is 0 Å². The maximum Gasteiger partial charge on any atom is 0.135 e. The summed E-state index contributed by atoms with van der Waals surface area (Å²) in [6, 6.07) is 19.7. The maximum atomic E-state index is 6.00. The van der Waals surface area contributed by atoms with Crippen LogP contribution in [0.4, 0.5) is 17.3 Å². The first kappa shape index (κ1) is 15.3. The molecule has 0 aliphatic heterocycles. The van der Waals surface area contributed by atoms with Gasteiger partial charge in [-0.2, -0.15) is 0 Å². The van der Waals surface area contributed by atoms with Crippen molar-refractivity contribution in [2.45, 2.75) is 6.54 Å². The number of rotatable bonds is 5. The third-order valence-corrected chi connectivity index (χ3v) is 3.64. The second-order valence-corrected chi connectivity index (χ2v) is 5.67. The van der Waals surface area contributed by atoms with Crippen LogP contribution in [0.5, 0.6) is 0 Å². The summed E-state index contributed by atoms with van der Waals surface area (Å²) in [4.78, 5) is 10.7. The SMILES string of the molecule is CN(Cc1ccccc1)c1cc(Nc2cccc(Cl)c2)ncn1. The monoisotopic (exact) mass is 324 g/mol. The summed E-state index contributed by atoms with van der Waals surface area (Å²) in [5.74, 6) is 1.59. The van der Waals surface area contributed by atoms with Gasteiger partial charge in [0.15, 0.2) is 0 Å². The van der Waals surface area contributed by atoms with E-state index >= 15 is 0 Å². The summed E-state index contributed by atoms with van der Waals surface area (Å²) in [5, 5.41) is 3.93. The summed E-state index contributed by atoms with van der Waals surface area (Å²) < 4.78 is 0. The van der Waals surface area contributed by atoms with Crippen LogP contribution in [0, 0.1) is 0 Å². The van der Waals surface area contributed by atoms with E-state index in [9.17, 15) is 0 Å². The molecule has 2 aromatic carbocycles. The van der Waals surface area contributed by atoms with E-state index in [1.165, 1.54) is 5.56 Å². The molecule has 0 amide bonds. The van der Waals surface area contributed by atoms with Gasteiger partial charge < -0.3 is 10.2 Å². The highest BCUT2D eigenvalue weighted by Crippen LogP contribution is 2.21. The Morgan fingerprint density at radius 1 is 1.00 bits per heavy atom. The normalized spacial score (nSPS) is 10.3. The summed E-state index contributed by atoms with van der Waals surface area (Å²) in [6.07, 6.45) is 1.56. The van der Waals surface area contributed by atoms with Crippen LogP contribution in [0.2, 0.25) is 5.02 Å². The minimum absolute atomic E-state index is 0.686. The summed E-state index contributed by atoms with van der Waals surface area (Å²) in [7, 11) is 2.01. The zero-order valence-corrected chi connectivity index (χ0v) is 13.5.